The molecular weight excluding hydrogens is 662 g/mol. The first-order valence-corrected chi connectivity index (χ1v) is 20.3. The van der Waals surface area contributed by atoms with Gasteiger partial charge in [0, 0.05) is 24.3 Å². The molecule has 11 heteroatoms. The molecule has 0 spiro atoms. The van der Waals surface area contributed by atoms with Crippen LogP contribution >= 0.6 is 0 Å². The maximum Gasteiger partial charge on any atom is 0.308 e. The number of rotatable bonds is 9. The largest absolute Gasteiger partial charge is 0.462 e. The molecule has 0 aromatic heterocycles. The molecule has 0 radical (unpaired) electrons. The van der Waals surface area contributed by atoms with Gasteiger partial charge in [0.25, 0.3) is 0 Å². The quantitative estimate of drug-likeness (QED) is 0.295. The average molecular weight is 734 g/mol. The Morgan fingerprint density at radius 2 is 1.54 bits per heavy atom. The van der Waals surface area contributed by atoms with Gasteiger partial charge in [0.15, 0.2) is 12.1 Å². The fraction of sp³-hybridized carbons (Fsp3) is 0.854. The Bertz CT molecular complexity index is 1170. The molecule has 3 N–H and O–H groups in total. The Balaban J connectivity index is 1.68. The number of allylic oxidation sites excluding steroid dienone is 3. The van der Waals surface area contributed by atoms with Crippen molar-refractivity contribution in [2.24, 2.45) is 23.7 Å². The van der Waals surface area contributed by atoms with Gasteiger partial charge in [-0.05, 0) is 118 Å². The maximum absolute atomic E-state index is 13.8. The van der Waals surface area contributed by atoms with Crippen LogP contribution in [0.15, 0.2) is 23.8 Å². The number of likely N-dealkylation sites (N-methyl/N-ethyl adjacent to an activating group) is 1. The Morgan fingerprint density at radius 3 is 2.15 bits per heavy atom. The van der Waals surface area contributed by atoms with Crippen LogP contribution in [-0.4, -0.2) is 144 Å². The van der Waals surface area contributed by atoms with Gasteiger partial charge >= 0.3 is 5.97 Å². The van der Waals surface area contributed by atoms with E-state index in [2.05, 4.69) is 15.9 Å². The average Bonchev–Trinajstić information content (AvgIpc) is 3.12. The van der Waals surface area contributed by atoms with Crippen molar-refractivity contribution in [2.45, 2.75) is 148 Å². The molecule has 4 heterocycles. The minimum absolute atomic E-state index is 0.0270. The fourth-order valence-electron chi connectivity index (χ4n) is 8.83. The van der Waals surface area contributed by atoms with Crippen LogP contribution in [0.5, 0.6) is 0 Å². The Morgan fingerprint density at radius 1 is 0.904 bits per heavy atom. The first kappa shape index (κ1) is 43.0. The van der Waals surface area contributed by atoms with Gasteiger partial charge in [0.05, 0.1) is 36.9 Å². The van der Waals surface area contributed by atoms with E-state index < -0.39 is 54.7 Å². The molecule has 52 heavy (non-hydrogen) atoms. The number of ketones is 1. The number of aliphatic hydroxyl groups excluding tert-OH is 3. The summed E-state index contributed by atoms with van der Waals surface area (Å²) in [6, 6.07) is -0.632. The summed E-state index contributed by atoms with van der Waals surface area (Å²) in [5.74, 6) is -1.58. The summed E-state index contributed by atoms with van der Waals surface area (Å²) in [5, 5.41) is 34.2. The number of piperidine rings is 2. The van der Waals surface area contributed by atoms with E-state index in [4.69, 9.17) is 14.2 Å². The van der Waals surface area contributed by atoms with Crippen LogP contribution in [0.2, 0.25) is 0 Å². The Hall–Kier alpha value is -1.70. The first-order valence-electron chi connectivity index (χ1n) is 20.3. The second-order valence-corrected chi connectivity index (χ2v) is 16.6. The van der Waals surface area contributed by atoms with Gasteiger partial charge in [0.2, 0.25) is 0 Å². The second-order valence-electron chi connectivity index (χ2n) is 16.6. The van der Waals surface area contributed by atoms with E-state index in [1.54, 1.807) is 32.0 Å². The lowest BCUT2D eigenvalue weighted by Gasteiger charge is -2.47. The number of ether oxygens (including phenoxy) is 3. The predicted octanol–water partition coefficient (Wildman–Crippen LogP) is 4.18. The molecule has 3 saturated heterocycles. The van der Waals surface area contributed by atoms with Crippen molar-refractivity contribution < 1.29 is 39.1 Å². The number of hydrogen-bond donors (Lipinski definition) is 3. The molecular formula is C41H71N3O8. The van der Waals surface area contributed by atoms with Crippen molar-refractivity contribution in [2.75, 3.05) is 53.4 Å². The van der Waals surface area contributed by atoms with Gasteiger partial charge in [0.1, 0.15) is 12.2 Å². The highest BCUT2D eigenvalue weighted by atomic mass is 16.7. The topological polar surface area (TPSA) is 132 Å². The minimum atomic E-state index is -1.17. The number of hydrogen-bond acceptors (Lipinski definition) is 11. The van der Waals surface area contributed by atoms with Crippen LogP contribution in [0, 0.1) is 23.7 Å². The summed E-state index contributed by atoms with van der Waals surface area (Å²) in [4.78, 5) is 34.1. The Kier molecular flexibility index (Phi) is 17.2. The van der Waals surface area contributed by atoms with Gasteiger partial charge in [-0.3, -0.25) is 9.59 Å². The summed E-state index contributed by atoms with van der Waals surface area (Å²) < 4.78 is 19.1. The summed E-state index contributed by atoms with van der Waals surface area (Å²) in [6.07, 6.45) is 8.49. The minimum Gasteiger partial charge on any atom is -0.462 e. The van der Waals surface area contributed by atoms with Gasteiger partial charge in [-0.25, -0.2) is 0 Å². The zero-order valence-electron chi connectivity index (χ0n) is 33.2. The third-order valence-corrected chi connectivity index (χ3v) is 12.1. The molecule has 5 unspecified atom stereocenters. The van der Waals surface area contributed by atoms with E-state index in [-0.39, 0.29) is 36.1 Å². The number of aliphatic hydroxyl groups is 3. The smallest absolute Gasteiger partial charge is 0.308 e. The number of nitrogens with zero attached hydrogens (tertiary/aromatic N) is 3. The summed E-state index contributed by atoms with van der Waals surface area (Å²) in [5.41, 5.74) is 0.954. The van der Waals surface area contributed by atoms with E-state index in [0.717, 1.165) is 70.5 Å². The molecule has 4 aliphatic heterocycles. The van der Waals surface area contributed by atoms with Crippen molar-refractivity contribution in [1.82, 2.24) is 14.7 Å². The molecule has 12 atom stereocenters. The van der Waals surface area contributed by atoms with E-state index >= 15 is 0 Å². The molecule has 0 bridgehead atoms. The predicted molar refractivity (Wildman–Crippen MR) is 203 cm³/mol. The first-order chi connectivity index (χ1) is 24.8. The molecule has 0 aromatic carbocycles. The molecule has 0 amide bonds. The molecule has 298 valence electrons. The van der Waals surface area contributed by atoms with Crippen LogP contribution in [-0.2, 0) is 23.8 Å². The Labute approximate surface area is 313 Å². The molecule has 4 rings (SSSR count). The fourth-order valence-corrected chi connectivity index (χ4v) is 8.83. The normalized spacial score (nSPS) is 38.6. The monoisotopic (exact) mass is 734 g/mol. The number of cyclic esters (lactones) is 1. The highest BCUT2D eigenvalue weighted by molar-refractivity contribution is 5.91. The second kappa shape index (κ2) is 20.8. The molecule has 0 aromatic rings. The molecule has 3 fully saturated rings. The number of esters is 1. The van der Waals surface area contributed by atoms with Crippen LogP contribution < -0.4 is 0 Å². The third-order valence-electron chi connectivity index (χ3n) is 12.1. The van der Waals surface area contributed by atoms with Crippen molar-refractivity contribution in [3.63, 3.8) is 0 Å². The lowest BCUT2D eigenvalue weighted by Crippen LogP contribution is -2.63. The highest BCUT2D eigenvalue weighted by Crippen LogP contribution is 2.35. The van der Waals surface area contributed by atoms with Crippen molar-refractivity contribution in [1.29, 1.82) is 0 Å². The van der Waals surface area contributed by atoms with Gasteiger partial charge < -0.3 is 44.2 Å². The van der Waals surface area contributed by atoms with E-state index in [1.807, 2.05) is 33.8 Å². The van der Waals surface area contributed by atoms with Crippen LogP contribution in [0.25, 0.3) is 0 Å². The number of carbonyl (C=O) groups excluding carboxylic acids is 2. The molecule has 0 aliphatic carbocycles. The standard InChI is InChI=1S/C41H71N3O8/c1-8-35-32(26-44-20-13-10-14-21-44)23-27(2)15-16-33(45)28(3)24-31(17-22-43-18-11-9-12-19-43)40(29(4)34(46)25-36(47)51-35)52-41-39(49)37(42(6)7)38(48)30(5)50-41/h15-16,23,28-32,34-35,37-41,46,48-49H,8-14,17-22,24-26H2,1-7H3/t28-,29+,30?,31+,32-,34-,35-,37?,38?,39?,40-,41?/m1/s1. The van der Waals surface area contributed by atoms with Gasteiger partial charge in [-0.2, -0.15) is 0 Å². The summed E-state index contributed by atoms with van der Waals surface area (Å²) >= 11 is 0. The number of likely N-dealkylation sites (tertiary alicyclic amines) is 2. The van der Waals surface area contributed by atoms with Crippen LogP contribution in [0.1, 0.15) is 98.8 Å². The van der Waals surface area contributed by atoms with E-state index in [9.17, 15) is 24.9 Å². The van der Waals surface area contributed by atoms with E-state index in [1.165, 1.54) is 12.8 Å². The SMILES string of the molecule is CC[C@H]1OC(=O)C[C@@H](O)[C@H](C)[C@@H](OC2OC(C)C(O)C(N(C)C)C2O)[C@@H](CCN2CCCCC2)C[C@@H](C)C(=O)C=CC(C)=C[C@@H]1CN1CCCCC1. The van der Waals surface area contributed by atoms with Crippen molar-refractivity contribution in [3.8, 4) is 0 Å². The molecule has 11 nitrogen and oxygen atoms in total. The van der Waals surface area contributed by atoms with Crippen LogP contribution in [0.3, 0.4) is 0 Å². The maximum atomic E-state index is 13.8. The van der Waals surface area contributed by atoms with Gasteiger partial charge in [-0.1, -0.05) is 51.3 Å². The molecule has 4 aliphatic rings. The van der Waals surface area contributed by atoms with Crippen LogP contribution in [0.4, 0.5) is 0 Å². The summed E-state index contributed by atoms with van der Waals surface area (Å²) in [7, 11) is 3.60. The lowest BCUT2D eigenvalue weighted by molar-refractivity contribution is -0.304. The zero-order valence-corrected chi connectivity index (χ0v) is 33.2. The zero-order chi connectivity index (χ0) is 37.9. The lowest BCUT2D eigenvalue weighted by atomic mass is 9.79. The van der Waals surface area contributed by atoms with Crippen molar-refractivity contribution >= 4 is 11.8 Å². The number of carbonyl (C=O) groups is 2. The highest BCUT2D eigenvalue weighted by Gasteiger charge is 2.47. The molecule has 0 saturated carbocycles. The van der Waals surface area contributed by atoms with Gasteiger partial charge in [-0.15, -0.1) is 0 Å². The summed E-state index contributed by atoms with van der Waals surface area (Å²) in [6.45, 7) is 15.3. The van der Waals surface area contributed by atoms with Crippen molar-refractivity contribution in [3.05, 3.63) is 23.8 Å². The van der Waals surface area contributed by atoms with E-state index in [0.29, 0.717) is 19.3 Å². The third kappa shape index (κ3) is 12.2.